The van der Waals surface area contributed by atoms with Gasteiger partial charge >= 0.3 is 0 Å². The highest BCUT2D eigenvalue weighted by atomic mass is 79.9. The number of anilines is 1. The van der Waals surface area contributed by atoms with Gasteiger partial charge in [0.25, 0.3) is 10.0 Å². The van der Waals surface area contributed by atoms with E-state index >= 15 is 0 Å². The molecule has 0 fully saturated rings. The molecule has 0 atom stereocenters. The first-order valence-corrected chi connectivity index (χ1v) is 8.48. The van der Waals surface area contributed by atoms with Crippen LogP contribution in [0.2, 0.25) is 0 Å². The van der Waals surface area contributed by atoms with Crippen LogP contribution in [0.3, 0.4) is 0 Å². The smallest absolute Gasteiger partial charge is 0.271 e. The molecule has 2 N–H and O–H groups in total. The van der Waals surface area contributed by atoms with Gasteiger partial charge in [0.15, 0.2) is 0 Å². The van der Waals surface area contributed by atoms with Gasteiger partial charge in [0, 0.05) is 23.8 Å². The maximum absolute atomic E-state index is 12.2. The Hall–Kier alpha value is -0.960. The molecule has 2 rings (SSSR count). The van der Waals surface area contributed by atoms with Gasteiger partial charge in [-0.3, -0.25) is 9.71 Å². The average molecular weight is 362 g/mol. The maximum Gasteiger partial charge on any atom is 0.271 e. The van der Waals surface area contributed by atoms with Crippen LogP contribution in [0.15, 0.2) is 39.3 Å². The van der Waals surface area contributed by atoms with Crippen molar-refractivity contribution in [3.05, 3.63) is 39.9 Å². The number of thiophene rings is 1. The normalized spacial score (nSPS) is 11.5. The van der Waals surface area contributed by atoms with E-state index in [1.165, 1.54) is 17.5 Å². The zero-order valence-corrected chi connectivity index (χ0v) is 13.3. The van der Waals surface area contributed by atoms with Crippen LogP contribution in [0.25, 0.3) is 0 Å². The predicted molar refractivity (Wildman–Crippen MR) is 79.8 cm³/mol. The molecule has 2 aromatic heterocycles. The lowest BCUT2D eigenvalue weighted by molar-refractivity contribution is 0.603. The van der Waals surface area contributed by atoms with Gasteiger partial charge in [-0.2, -0.15) is 0 Å². The molecule has 0 unspecified atom stereocenters. The van der Waals surface area contributed by atoms with E-state index in [2.05, 4.69) is 31.0 Å². The molecular weight excluding hydrogens is 350 g/mol. The summed E-state index contributed by atoms with van der Waals surface area (Å²) in [6, 6.07) is 5.01. The Morgan fingerprint density at radius 2 is 2.16 bits per heavy atom. The lowest BCUT2D eigenvalue weighted by atomic mass is 10.4. The van der Waals surface area contributed by atoms with Crippen molar-refractivity contribution in [2.45, 2.75) is 10.8 Å². The lowest BCUT2D eigenvalue weighted by Crippen LogP contribution is -2.11. The highest BCUT2D eigenvalue weighted by Crippen LogP contribution is 2.27. The SMILES string of the molecule is CNCc1ccc(S(=O)(=O)Nc2ccncc2Br)s1. The van der Waals surface area contributed by atoms with E-state index in [1.54, 1.807) is 24.4 Å². The summed E-state index contributed by atoms with van der Waals surface area (Å²) in [4.78, 5) is 4.86. The minimum absolute atomic E-state index is 0.293. The molecule has 0 saturated heterocycles. The molecule has 0 aliphatic carbocycles. The third-order valence-corrected chi connectivity index (χ3v) is 5.84. The highest BCUT2D eigenvalue weighted by Gasteiger charge is 2.17. The van der Waals surface area contributed by atoms with Crippen LogP contribution in [0.5, 0.6) is 0 Å². The van der Waals surface area contributed by atoms with E-state index in [4.69, 9.17) is 0 Å². The van der Waals surface area contributed by atoms with Crippen molar-refractivity contribution < 1.29 is 8.42 Å². The van der Waals surface area contributed by atoms with Crippen molar-refractivity contribution in [2.75, 3.05) is 11.8 Å². The summed E-state index contributed by atoms with van der Waals surface area (Å²) in [6.45, 7) is 0.652. The molecule has 0 radical (unpaired) electrons. The molecule has 0 aliphatic heterocycles. The third-order valence-electron chi connectivity index (χ3n) is 2.27. The third kappa shape index (κ3) is 3.53. The van der Waals surface area contributed by atoms with E-state index in [-0.39, 0.29) is 0 Å². The van der Waals surface area contributed by atoms with Crippen LogP contribution >= 0.6 is 27.3 Å². The molecule has 102 valence electrons. The second-order valence-corrected chi connectivity index (χ2v) is 7.64. The monoisotopic (exact) mass is 361 g/mol. The molecule has 0 aliphatic rings. The van der Waals surface area contributed by atoms with Crippen LogP contribution in [0.4, 0.5) is 5.69 Å². The van der Waals surface area contributed by atoms with Crippen molar-refractivity contribution in [1.82, 2.24) is 10.3 Å². The van der Waals surface area contributed by atoms with Crippen LogP contribution in [-0.2, 0) is 16.6 Å². The Balaban J connectivity index is 2.25. The highest BCUT2D eigenvalue weighted by molar-refractivity contribution is 9.10. The van der Waals surface area contributed by atoms with Gasteiger partial charge in [0.1, 0.15) is 4.21 Å². The van der Waals surface area contributed by atoms with E-state index in [0.29, 0.717) is 20.9 Å². The molecule has 8 heteroatoms. The molecule has 2 aromatic rings. The topological polar surface area (TPSA) is 71.1 Å². The molecule has 0 aromatic carbocycles. The van der Waals surface area contributed by atoms with Crippen LogP contribution in [0.1, 0.15) is 4.88 Å². The van der Waals surface area contributed by atoms with Crippen molar-refractivity contribution in [2.24, 2.45) is 0 Å². The fraction of sp³-hybridized carbons (Fsp3) is 0.182. The second kappa shape index (κ2) is 6.00. The number of rotatable bonds is 5. The molecule has 2 heterocycles. The van der Waals surface area contributed by atoms with Gasteiger partial charge in [0.05, 0.1) is 10.2 Å². The van der Waals surface area contributed by atoms with Gasteiger partial charge in [-0.25, -0.2) is 8.42 Å². The number of nitrogens with zero attached hydrogens (tertiary/aromatic N) is 1. The van der Waals surface area contributed by atoms with Gasteiger partial charge in [0.2, 0.25) is 0 Å². The van der Waals surface area contributed by atoms with Crippen LogP contribution in [0, 0.1) is 0 Å². The van der Waals surface area contributed by atoms with Crippen molar-refractivity contribution in [3.63, 3.8) is 0 Å². The molecular formula is C11H12BrN3O2S2. The molecule has 0 spiro atoms. The Labute approximate surface area is 124 Å². The summed E-state index contributed by atoms with van der Waals surface area (Å²) >= 11 is 4.50. The summed E-state index contributed by atoms with van der Waals surface area (Å²) in [6.07, 6.45) is 3.07. The minimum atomic E-state index is -3.55. The summed E-state index contributed by atoms with van der Waals surface area (Å²) in [5, 5.41) is 2.99. The number of nitrogens with one attached hydrogen (secondary N) is 2. The zero-order chi connectivity index (χ0) is 13.9. The van der Waals surface area contributed by atoms with E-state index in [9.17, 15) is 8.42 Å². The predicted octanol–water partition coefficient (Wildman–Crippen LogP) is 2.43. The number of pyridine rings is 1. The molecule has 5 nitrogen and oxygen atoms in total. The summed E-state index contributed by atoms with van der Waals surface area (Å²) in [7, 11) is -1.73. The Kier molecular flexibility index (Phi) is 4.56. The fourth-order valence-corrected chi connectivity index (χ4v) is 4.35. The molecule has 0 amide bonds. The van der Waals surface area contributed by atoms with Crippen LogP contribution in [-0.4, -0.2) is 20.4 Å². The van der Waals surface area contributed by atoms with E-state index in [1.807, 2.05) is 7.05 Å². The van der Waals surface area contributed by atoms with E-state index in [0.717, 1.165) is 4.88 Å². The van der Waals surface area contributed by atoms with Gasteiger partial charge in [-0.1, -0.05) is 0 Å². The molecule has 0 saturated carbocycles. The first-order chi connectivity index (χ1) is 9.03. The number of halogens is 1. The summed E-state index contributed by atoms with van der Waals surface area (Å²) < 4.78 is 27.8. The zero-order valence-electron chi connectivity index (χ0n) is 10.1. The van der Waals surface area contributed by atoms with Gasteiger partial charge in [-0.05, 0) is 41.2 Å². The van der Waals surface area contributed by atoms with Crippen molar-refractivity contribution in [3.8, 4) is 0 Å². The Morgan fingerprint density at radius 1 is 1.37 bits per heavy atom. The van der Waals surface area contributed by atoms with E-state index < -0.39 is 10.0 Å². The summed E-state index contributed by atoms with van der Waals surface area (Å²) in [5.74, 6) is 0. The Bertz CT molecular complexity index is 670. The molecule has 19 heavy (non-hydrogen) atoms. The first-order valence-electron chi connectivity index (χ1n) is 5.38. The Morgan fingerprint density at radius 3 is 2.84 bits per heavy atom. The second-order valence-electron chi connectivity index (χ2n) is 3.71. The van der Waals surface area contributed by atoms with Gasteiger partial charge < -0.3 is 5.32 Å². The van der Waals surface area contributed by atoms with Crippen LogP contribution < -0.4 is 10.0 Å². The number of hydrogen-bond donors (Lipinski definition) is 2. The summed E-state index contributed by atoms with van der Waals surface area (Å²) in [5.41, 5.74) is 0.471. The average Bonchev–Trinajstić information content (AvgIpc) is 2.82. The molecule has 0 bridgehead atoms. The fourth-order valence-electron chi connectivity index (χ4n) is 1.42. The number of sulfonamides is 1. The minimum Gasteiger partial charge on any atom is -0.315 e. The number of hydrogen-bond acceptors (Lipinski definition) is 5. The first kappa shape index (κ1) is 14.4. The van der Waals surface area contributed by atoms with Crippen molar-refractivity contribution in [1.29, 1.82) is 0 Å². The lowest BCUT2D eigenvalue weighted by Gasteiger charge is -2.07. The number of aromatic nitrogens is 1. The van der Waals surface area contributed by atoms with Gasteiger partial charge in [-0.15, -0.1) is 11.3 Å². The largest absolute Gasteiger partial charge is 0.315 e. The quantitative estimate of drug-likeness (QED) is 0.857. The standard InChI is InChI=1S/C11H12BrN3O2S2/c1-13-6-8-2-3-11(18-8)19(16,17)15-10-4-5-14-7-9(10)12/h2-5,7,13H,6H2,1H3,(H,14,15). The maximum atomic E-state index is 12.2. The van der Waals surface area contributed by atoms with Crippen molar-refractivity contribution >= 4 is 43.0 Å².